The largest absolute Gasteiger partial charge is 0.392 e. The van der Waals surface area contributed by atoms with Crippen molar-refractivity contribution in [1.29, 1.82) is 0 Å². The predicted octanol–water partition coefficient (Wildman–Crippen LogP) is -0.282. The molecule has 0 radical (unpaired) electrons. The number of rotatable bonds is 1. The molecule has 0 spiro atoms. The van der Waals surface area contributed by atoms with E-state index < -0.39 is 22.5 Å². The number of carbonyl (C=O) groups excluding carboxylic acids is 3. The zero-order valence-corrected chi connectivity index (χ0v) is 6.68. The van der Waals surface area contributed by atoms with Gasteiger partial charge in [0, 0.05) is 0 Å². The molecule has 1 fully saturated rings. The highest BCUT2D eigenvalue weighted by Crippen LogP contribution is 2.28. The molecule has 0 aromatic carbocycles. The summed E-state index contributed by atoms with van der Waals surface area (Å²) in [7, 11) is 0. The molecule has 0 amide bonds. The minimum absolute atomic E-state index is 0.260. The van der Waals surface area contributed by atoms with Crippen molar-refractivity contribution >= 4 is 30.4 Å². The van der Waals surface area contributed by atoms with Crippen LogP contribution in [0.2, 0.25) is 0 Å². The van der Waals surface area contributed by atoms with Gasteiger partial charge in [-0.15, -0.1) is 0 Å². The number of carbonyl (C=O) groups is 3. The van der Waals surface area contributed by atoms with Gasteiger partial charge in [0.15, 0.2) is 10.5 Å². The zero-order chi connectivity index (χ0) is 8.65. The Bertz CT molecular complexity index is 247. The van der Waals surface area contributed by atoms with Crippen LogP contribution in [0.15, 0.2) is 0 Å². The molecule has 0 N–H and O–H groups in total. The summed E-state index contributed by atoms with van der Waals surface area (Å²) in [6, 6.07) is 0. The Morgan fingerprint density at radius 3 is 2.36 bits per heavy atom. The molecular formula is C6H6O4S. The van der Waals surface area contributed by atoms with Crippen LogP contribution in [-0.4, -0.2) is 22.5 Å². The van der Waals surface area contributed by atoms with E-state index in [0.717, 1.165) is 0 Å². The van der Waals surface area contributed by atoms with Crippen LogP contribution in [0.5, 0.6) is 0 Å². The molecule has 0 bridgehead atoms. The van der Waals surface area contributed by atoms with Crippen LogP contribution >= 0.6 is 12.6 Å². The Kier molecular flexibility index (Phi) is 1.75. The highest BCUT2D eigenvalue weighted by Gasteiger charge is 2.50. The second-order valence-electron chi connectivity index (χ2n) is 2.35. The van der Waals surface area contributed by atoms with E-state index in [2.05, 4.69) is 17.4 Å². The molecule has 1 saturated heterocycles. The van der Waals surface area contributed by atoms with Crippen LogP contribution in [0.25, 0.3) is 0 Å². The normalized spacial score (nSPS) is 30.4. The molecule has 60 valence electrons. The first-order valence-corrected chi connectivity index (χ1v) is 3.40. The average molecular weight is 174 g/mol. The standard InChI is InChI=1S/C6H6O4S/c1-3(7)6(11)2-4(8)10-5(6)9/h11H,2H2,1H3/t6-/m0/s1. The van der Waals surface area contributed by atoms with E-state index in [9.17, 15) is 14.4 Å². The highest BCUT2D eigenvalue weighted by atomic mass is 32.1. The summed E-state index contributed by atoms with van der Waals surface area (Å²) in [5, 5.41) is 0. The second-order valence-corrected chi connectivity index (χ2v) is 3.12. The Balaban J connectivity index is 2.96. The summed E-state index contributed by atoms with van der Waals surface area (Å²) < 4.78 is 2.63. The van der Waals surface area contributed by atoms with Gasteiger partial charge in [0.2, 0.25) is 0 Å². The first-order chi connectivity index (χ1) is 4.97. The summed E-state index contributed by atoms with van der Waals surface area (Å²) in [4.78, 5) is 32.1. The number of hydrogen-bond acceptors (Lipinski definition) is 5. The Labute approximate surface area is 68.3 Å². The number of cyclic esters (lactones) is 2. The van der Waals surface area contributed by atoms with Crippen LogP contribution in [0.3, 0.4) is 0 Å². The minimum atomic E-state index is -1.53. The fourth-order valence-corrected chi connectivity index (χ4v) is 0.948. The van der Waals surface area contributed by atoms with Crippen LogP contribution in [0.1, 0.15) is 13.3 Å². The lowest BCUT2D eigenvalue weighted by atomic mass is 10.0. The van der Waals surface area contributed by atoms with E-state index in [-0.39, 0.29) is 6.42 Å². The zero-order valence-electron chi connectivity index (χ0n) is 5.79. The van der Waals surface area contributed by atoms with E-state index >= 15 is 0 Å². The number of esters is 2. The van der Waals surface area contributed by atoms with Crippen molar-refractivity contribution < 1.29 is 19.1 Å². The summed E-state index contributed by atoms with van der Waals surface area (Å²) in [5.41, 5.74) is 0. The number of Topliss-reactive ketones (excluding diaryl/α,β-unsaturated/α-hetero) is 1. The molecule has 1 rings (SSSR count). The third-order valence-corrected chi connectivity index (χ3v) is 2.18. The Hall–Kier alpha value is -0.840. The molecular weight excluding hydrogens is 168 g/mol. The van der Waals surface area contributed by atoms with E-state index in [1.54, 1.807) is 0 Å². The topological polar surface area (TPSA) is 60.4 Å². The van der Waals surface area contributed by atoms with Crippen LogP contribution < -0.4 is 0 Å². The summed E-state index contributed by atoms with van der Waals surface area (Å²) in [6.45, 7) is 1.20. The lowest BCUT2D eigenvalue weighted by molar-refractivity contribution is -0.152. The lowest BCUT2D eigenvalue weighted by Crippen LogP contribution is -2.35. The molecule has 1 atom stereocenters. The maximum atomic E-state index is 10.8. The summed E-state index contributed by atoms with van der Waals surface area (Å²) in [5.74, 6) is -2.02. The average Bonchev–Trinajstić information content (AvgIpc) is 2.08. The maximum absolute atomic E-state index is 10.8. The first kappa shape index (κ1) is 8.26. The second kappa shape index (κ2) is 2.34. The molecule has 11 heavy (non-hydrogen) atoms. The monoisotopic (exact) mass is 174 g/mol. The lowest BCUT2D eigenvalue weighted by Gasteiger charge is -2.10. The smallest absolute Gasteiger partial charge is 0.337 e. The van der Waals surface area contributed by atoms with E-state index in [1.807, 2.05) is 0 Å². The van der Waals surface area contributed by atoms with E-state index in [4.69, 9.17) is 0 Å². The number of ketones is 1. The quantitative estimate of drug-likeness (QED) is 0.337. The maximum Gasteiger partial charge on any atom is 0.337 e. The third kappa shape index (κ3) is 1.16. The van der Waals surface area contributed by atoms with Gasteiger partial charge < -0.3 is 4.74 Å². The number of ether oxygens (including phenoxy) is 1. The fraction of sp³-hybridized carbons (Fsp3) is 0.500. The van der Waals surface area contributed by atoms with Crippen molar-refractivity contribution in [3.05, 3.63) is 0 Å². The van der Waals surface area contributed by atoms with Gasteiger partial charge in [0.1, 0.15) is 0 Å². The van der Waals surface area contributed by atoms with Gasteiger partial charge in [0.05, 0.1) is 6.42 Å². The molecule has 0 aromatic heterocycles. The molecule has 1 aliphatic rings. The van der Waals surface area contributed by atoms with Gasteiger partial charge >= 0.3 is 11.9 Å². The first-order valence-electron chi connectivity index (χ1n) is 2.95. The molecule has 0 unspecified atom stereocenters. The van der Waals surface area contributed by atoms with Crippen molar-refractivity contribution in [2.45, 2.75) is 18.1 Å². The summed E-state index contributed by atoms with van der Waals surface area (Å²) >= 11 is 3.79. The molecule has 1 heterocycles. The number of hydrogen-bond donors (Lipinski definition) is 1. The van der Waals surface area contributed by atoms with Gasteiger partial charge in [-0.1, -0.05) is 0 Å². The van der Waals surface area contributed by atoms with E-state index in [0.29, 0.717) is 0 Å². The van der Waals surface area contributed by atoms with Gasteiger partial charge in [-0.3, -0.25) is 9.59 Å². The Morgan fingerprint density at radius 1 is 1.64 bits per heavy atom. The van der Waals surface area contributed by atoms with Gasteiger partial charge in [0.25, 0.3) is 0 Å². The van der Waals surface area contributed by atoms with Crippen LogP contribution in [-0.2, 0) is 19.1 Å². The van der Waals surface area contributed by atoms with Crippen molar-refractivity contribution in [2.24, 2.45) is 0 Å². The van der Waals surface area contributed by atoms with Crippen molar-refractivity contribution in [2.75, 3.05) is 0 Å². The molecule has 1 aliphatic heterocycles. The SMILES string of the molecule is CC(=O)[C@@]1(S)CC(=O)OC1=O. The van der Waals surface area contributed by atoms with Crippen LogP contribution in [0.4, 0.5) is 0 Å². The molecule has 0 aromatic rings. The van der Waals surface area contributed by atoms with Gasteiger partial charge in [-0.05, 0) is 6.92 Å². The minimum Gasteiger partial charge on any atom is -0.392 e. The van der Waals surface area contributed by atoms with Crippen molar-refractivity contribution in [3.63, 3.8) is 0 Å². The molecule has 0 saturated carbocycles. The summed E-state index contributed by atoms with van der Waals surface area (Å²) in [6.07, 6.45) is -0.260. The third-order valence-electron chi connectivity index (χ3n) is 1.53. The Morgan fingerprint density at radius 2 is 2.18 bits per heavy atom. The predicted molar refractivity (Wildman–Crippen MR) is 38.1 cm³/mol. The highest BCUT2D eigenvalue weighted by molar-refractivity contribution is 7.83. The van der Waals surface area contributed by atoms with Gasteiger partial charge in [-0.2, -0.15) is 12.6 Å². The van der Waals surface area contributed by atoms with Gasteiger partial charge in [-0.25, -0.2) is 4.79 Å². The molecule has 4 nitrogen and oxygen atoms in total. The fourth-order valence-electron chi connectivity index (χ4n) is 0.773. The molecule has 5 heteroatoms. The van der Waals surface area contributed by atoms with Crippen molar-refractivity contribution in [3.8, 4) is 0 Å². The van der Waals surface area contributed by atoms with E-state index in [1.165, 1.54) is 6.92 Å². The number of thiol groups is 1. The van der Waals surface area contributed by atoms with Crippen LogP contribution in [0, 0.1) is 0 Å². The van der Waals surface area contributed by atoms with Crippen molar-refractivity contribution in [1.82, 2.24) is 0 Å². The molecule has 0 aliphatic carbocycles.